The van der Waals surface area contributed by atoms with Crippen molar-refractivity contribution >= 4 is 0 Å². The van der Waals surface area contributed by atoms with Crippen LogP contribution < -0.4 is 0 Å². The Morgan fingerprint density at radius 2 is 0.881 bits per heavy atom. The monoisotopic (exact) mass is 706 g/mol. The molecule has 4 heterocycles. The number of alkyl halides is 12. The maximum atomic E-state index is 13.2. The van der Waals surface area contributed by atoms with Crippen LogP contribution in [0.5, 0.6) is 0 Å². The predicted octanol–water partition coefficient (Wildman–Crippen LogP) is 6.85. The molecule has 0 fully saturated rings. The second-order valence-electron chi connectivity index (χ2n) is 8.87. The maximum absolute atomic E-state index is 13.2. The summed E-state index contributed by atoms with van der Waals surface area (Å²) in [6, 6.07) is 7.19. The third-order valence-corrected chi connectivity index (χ3v) is 5.60. The number of rotatable bonds is 4. The van der Waals surface area contributed by atoms with Gasteiger partial charge in [0.25, 0.3) is 0 Å². The first kappa shape index (κ1) is 33.0. The standard InChI is InChI=1S/C23H12F12N6.Pd/c1-19(2,13-5-3-7-15(36-13)40-9-11(20(24,25)26)17(38-40)22(30,31)32)14-6-4-8-16(37-14)41-10-12(21(27,28)29)18(39-41)23(33,34)35;/h3-8H,1-2H3;/q-2;+2. The molecule has 4 rings (SSSR count). The molecular formula is C23H12F12N6Pd. The first-order chi connectivity index (χ1) is 18.6. The van der Waals surface area contributed by atoms with Gasteiger partial charge in [-0.1, -0.05) is 36.7 Å². The molecule has 0 atom stereocenters. The third kappa shape index (κ3) is 6.46. The summed E-state index contributed by atoms with van der Waals surface area (Å²) in [5.74, 6) is -1.00. The average Bonchev–Trinajstić information content (AvgIpc) is 3.50. The van der Waals surface area contributed by atoms with Gasteiger partial charge in [0.15, 0.2) is 0 Å². The first-order valence-electron chi connectivity index (χ1n) is 10.9. The van der Waals surface area contributed by atoms with Gasteiger partial charge in [0.1, 0.15) is 0 Å². The molecule has 0 N–H and O–H groups in total. The number of hydrogen-bond donors (Lipinski definition) is 0. The molecule has 0 aromatic carbocycles. The van der Waals surface area contributed by atoms with Crippen LogP contribution in [0.15, 0.2) is 36.4 Å². The Kier molecular flexibility index (Phi) is 8.40. The van der Waals surface area contributed by atoms with Crippen LogP contribution in [0, 0.1) is 12.4 Å². The Morgan fingerprint density at radius 3 is 1.14 bits per heavy atom. The van der Waals surface area contributed by atoms with Crippen molar-refractivity contribution in [1.29, 1.82) is 0 Å². The smallest absolute Gasteiger partial charge is 0.342 e. The van der Waals surface area contributed by atoms with E-state index in [4.69, 9.17) is 0 Å². The van der Waals surface area contributed by atoms with E-state index in [-0.39, 0.29) is 41.2 Å². The van der Waals surface area contributed by atoms with Crippen LogP contribution in [0.25, 0.3) is 11.6 Å². The Balaban J connectivity index is 0.00000484. The van der Waals surface area contributed by atoms with Crippen molar-refractivity contribution < 1.29 is 73.1 Å². The van der Waals surface area contributed by atoms with E-state index < -0.39 is 64.3 Å². The number of halogens is 12. The second kappa shape index (κ2) is 10.7. The molecule has 6 nitrogen and oxygen atoms in total. The zero-order chi connectivity index (χ0) is 30.8. The molecule has 0 spiro atoms. The Bertz CT molecular complexity index is 1400. The minimum atomic E-state index is -5.46. The molecule has 0 saturated heterocycles. The van der Waals surface area contributed by atoms with Crippen LogP contribution in [-0.2, 0) is 50.5 Å². The number of hydrogen-bond acceptors (Lipinski definition) is 4. The molecule has 19 heteroatoms. The van der Waals surface area contributed by atoms with Gasteiger partial charge in [0.2, 0.25) is 0 Å². The average molecular weight is 707 g/mol. The van der Waals surface area contributed by atoms with Crippen molar-refractivity contribution in [2.24, 2.45) is 0 Å². The van der Waals surface area contributed by atoms with E-state index in [1.165, 1.54) is 50.5 Å². The van der Waals surface area contributed by atoms with Gasteiger partial charge in [-0.2, -0.15) is 52.7 Å². The molecule has 0 unspecified atom stereocenters. The molecule has 4 aromatic rings. The predicted molar refractivity (Wildman–Crippen MR) is 113 cm³/mol. The summed E-state index contributed by atoms with van der Waals surface area (Å²) in [6.07, 6.45) is -18.8. The fourth-order valence-corrected chi connectivity index (χ4v) is 3.59. The summed E-state index contributed by atoms with van der Waals surface area (Å²) in [5.41, 5.74) is -10.2. The molecule has 0 radical (unpaired) electrons. The molecule has 0 aliphatic heterocycles. The molecule has 0 aliphatic carbocycles. The summed E-state index contributed by atoms with van der Waals surface area (Å²) in [6.45, 7) is 2.88. The quantitative estimate of drug-likeness (QED) is 0.133. The Hall–Kier alpha value is -3.46. The topological polar surface area (TPSA) is 61.4 Å². The fraction of sp³-hybridized carbons (Fsp3) is 0.304. The van der Waals surface area contributed by atoms with E-state index in [0.29, 0.717) is 0 Å². The van der Waals surface area contributed by atoms with E-state index in [9.17, 15) is 52.7 Å². The van der Waals surface area contributed by atoms with Crippen molar-refractivity contribution in [1.82, 2.24) is 29.5 Å². The first-order valence-corrected chi connectivity index (χ1v) is 10.9. The van der Waals surface area contributed by atoms with E-state index in [2.05, 4.69) is 20.2 Å². The normalized spacial score (nSPS) is 13.3. The minimum absolute atomic E-state index is 0. The minimum Gasteiger partial charge on any atom is -0.342 e. The van der Waals surface area contributed by atoms with Crippen LogP contribution in [-0.4, -0.2) is 29.5 Å². The van der Waals surface area contributed by atoms with Crippen LogP contribution in [0.4, 0.5) is 52.7 Å². The van der Waals surface area contributed by atoms with E-state index in [0.717, 1.165) is 12.1 Å². The molecular weight excluding hydrogens is 695 g/mol. The van der Waals surface area contributed by atoms with Gasteiger partial charge in [-0.05, 0) is 37.1 Å². The van der Waals surface area contributed by atoms with Gasteiger partial charge < -0.3 is 9.36 Å². The number of nitrogens with zero attached hydrogens (tertiary/aromatic N) is 6. The van der Waals surface area contributed by atoms with Gasteiger partial charge >= 0.3 is 45.1 Å². The van der Waals surface area contributed by atoms with E-state index in [1.807, 2.05) is 0 Å². The van der Waals surface area contributed by atoms with Crippen LogP contribution in [0.1, 0.15) is 47.8 Å². The summed E-state index contributed by atoms with van der Waals surface area (Å²) < 4.78 is 158. The van der Waals surface area contributed by atoms with Crippen molar-refractivity contribution in [2.75, 3.05) is 0 Å². The van der Waals surface area contributed by atoms with E-state index in [1.54, 1.807) is 0 Å². The van der Waals surface area contributed by atoms with Crippen LogP contribution in [0.3, 0.4) is 0 Å². The molecule has 228 valence electrons. The summed E-state index contributed by atoms with van der Waals surface area (Å²) in [7, 11) is 0. The molecule has 0 aliphatic rings. The zero-order valence-corrected chi connectivity index (χ0v) is 22.1. The summed E-state index contributed by atoms with van der Waals surface area (Å²) in [4.78, 5) is 8.12. The summed E-state index contributed by atoms with van der Waals surface area (Å²) >= 11 is 0. The molecule has 4 aromatic heterocycles. The van der Waals surface area contributed by atoms with Gasteiger partial charge in [-0.3, -0.25) is 20.2 Å². The van der Waals surface area contributed by atoms with Crippen molar-refractivity contribution in [3.8, 4) is 11.6 Å². The Morgan fingerprint density at radius 1 is 0.548 bits per heavy atom. The molecule has 0 saturated carbocycles. The molecule has 0 amide bonds. The molecule has 0 bridgehead atoms. The van der Waals surface area contributed by atoms with Crippen LogP contribution >= 0.6 is 0 Å². The van der Waals surface area contributed by atoms with Crippen molar-refractivity contribution in [3.05, 3.63) is 82.7 Å². The van der Waals surface area contributed by atoms with Crippen molar-refractivity contribution in [3.63, 3.8) is 0 Å². The SMILES string of the molecule is CC(C)(c1cccc(-n2[c-]c(C(F)(F)F)c(C(F)(F)F)n2)n1)c1cccc(-n2[c-]c(C(F)(F)F)c(C(F)(F)F)n2)n1.[Pd+2]. The van der Waals surface area contributed by atoms with Gasteiger partial charge in [-0.15, -0.1) is 0 Å². The Labute approximate surface area is 241 Å². The second-order valence-corrected chi connectivity index (χ2v) is 8.87. The molecule has 42 heavy (non-hydrogen) atoms. The largest absolute Gasteiger partial charge is 2.00 e. The zero-order valence-electron chi connectivity index (χ0n) is 20.5. The van der Waals surface area contributed by atoms with Crippen molar-refractivity contribution in [2.45, 2.75) is 44.0 Å². The summed E-state index contributed by atoms with van der Waals surface area (Å²) in [5, 5.41) is 5.91. The van der Waals surface area contributed by atoms with Gasteiger partial charge in [0, 0.05) is 16.8 Å². The van der Waals surface area contributed by atoms with Gasteiger partial charge in [0.05, 0.1) is 23.0 Å². The maximum Gasteiger partial charge on any atom is 2.00 e. The third-order valence-electron chi connectivity index (χ3n) is 5.60. The van der Waals surface area contributed by atoms with Crippen LogP contribution in [0.2, 0.25) is 0 Å². The fourth-order valence-electron chi connectivity index (χ4n) is 3.59. The van der Waals surface area contributed by atoms with Gasteiger partial charge in [-0.25, -0.2) is 0 Å². The number of aromatic nitrogens is 6. The number of pyridine rings is 2. The van der Waals surface area contributed by atoms with E-state index >= 15 is 0 Å².